The number of benzene rings is 10. The zero-order chi connectivity index (χ0) is 41.9. The summed E-state index contributed by atoms with van der Waals surface area (Å²) < 4.78 is 9.98. The maximum Gasteiger partial charge on any atom is 0.0640 e. The lowest BCUT2D eigenvalue weighted by Gasteiger charge is -2.15. The Bertz CT molecular complexity index is 4180. The van der Waals surface area contributed by atoms with E-state index in [4.69, 9.17) is 0 Å². The van der Waals surface area contributed by atoms with Gasteiger partial charge in [-0.1, -0.05) is 146 Å². The molecular formula is C60H37N3S. The lowest BCUT2D eigenvalue weighted by molar-refractivity contribution is 1.17. The number of nitrogens with zero attached hydrogens (tertiary/aromatic N) is 3. The van der Waals surface area contributed by atoms with Gasteiger partial charge in [0.05, 0.1) is 43.5 Å². The van der Waals surface area contributed by atoms with E-state index in [-0.39, 0.29) is 0 Å². The molecule has 0 aliphatic rings. The van der Waals surface area contributed by atoms with Crippen molar-refractivity contribution in [3.8, 4) is 39.3 Å². The monoisotopic (exact) mass is 831 g/mol. The summed E-state index contributed by atoms with van der Waals surface area (Å²) in [6.45, 7) is 0. The normalized spacial score (nSPS) is 12.1. The van der Waals surface area contributed by atoms with Crippen molar-refractivity contribution in [3.05, 3.63) is 224 Å². The van der Waals surface area contributed by atoms with Crippen LogP contribution in [0.2, 0.25) is 0 Å². The van der Waals surface area contributed by atoms with Crippen molar-refractivity contribution in [2.75, 3.05) is 0 Å². The fourth-order valence-electron chi connectivity index (χ4n) is 10.7. The predicted molar refractivity (Wildman–Crippen MR) is 273 cm³/mol. The molecule has 3 nitrogen and oxygen atoms in total. The second-order valence-corrected chi connectivity index (χ2v) is 17.9. The molecule has 14 aromatic rings. The lowest BCUT2D eigenvalue weighted by Crippen LogP contribution is -1.96. The summed E-state index contributed by atoms with van der Waals surface area (Å²) in [5.74, 6) is 0. The highest BCUT2D eigenvalue weighted by atomic mass is 32.1. The quantitative estimate of drug-likeness (QED) is 0.164. The smallest absolute Gasteiger partial charge is 0.0640 e. The fraction of sp³-hybridized carbons (Fsp3) is 0. The predicted octanol–water partition coefficient (Wildman–Crippen LogP) is 16.7. The van der Waals surface area contributed by atoms with Gasteiger partial charge in [0.25, 0.3) is 0 Å². The van der Waals surface area contributed by atoms with Crippen LogP contribution in [0.4, 0.5) is 0 Å². The number of aromatic nitrogens is 3. The first-order valence-electron chi connectivity index (χ1n) is 21.9. The van der Waals surface area contributed by atoms with Gasteiger partial charge < -0.3 is 13.7 Å². The largest absolute Gasteiger partial charge is 0.309 e. The molecule has 0 N–H and O–H groups in total. The van der Waals surface area contributed by atoms with Crippen molar-refractivity contribution >= 4 is 96.9 Å². The molecule has 0 bridgehead atoms. The second kappa shape index (κ2) is 13.7. The van der Waals surface area contributed by atoms with Gasteiger partial charge in [0.2, 0.25) is 0 Å². The third kappa shape index (κ3) is 5.03. The van der Waals surface area contributed by atoms with E-state index in [1.807, 2.05) is 11.3 Å². The molecule has 298 valence electrons. The Labute approximate surface area is 372 Å². The molecule has 4 heterocycles. The first-order chi connectivity index (χ1) is 31.8. The minimum atomic E-state index is 1.14. The third-order valence-corrected chi connectivity index (χ3v) is 14.6. The Balaban J connectivity index is 1.05. The van der Waals surface area contributed by atoms with E-state index in [0.717, 1.165) is 11.4 Å². The van der Waals surface area contributed by atoms with Crippen LogP contribution in [0.5, 0.6) is 0 Å². The zero-order valence-electron chi connectivity index (χ0n) is 34.6. The molecule has 0 spiro atoms. The van der Waals surface area contributed by atoms with Crippen molar-refractivity contribution in [2.45, 2.75) is 0 Å². The van der Waals surface area contributed by atoms with Crippen molar-refractivity contribution in [1.29, 1.82) is 0 Å². The summed E-state index contributed by atoms with van der Waals surface area (Å²) in [6.07, 6.45) is 0. The summed E-state index contributed by atoms with van der Waals surface area (Å²) >= 11 is 1.88. The highest BCUT2D eigenvalue weighted by Crippen LogP contribution is 2.47. The first-order valence-corrected chi connectivity index (χ1v) is 22.7. The number of rotatable bonds is 5. The molecule has 64 heavy (non-hydrogen) atoms. The zero-order valence-corrected chi connectivity index (χ0v) is 35.4. The first kappa shape index (κ1) is 35.4. The molecular weight excluding hydrogens is 795 g/mol. The SMILES string of the molecule is c1ccc(-c2cc3c(cc2-c2cccc4c2c2ccccc2n4-c2ccc4c(c2)c2ccccc2n4-c2ccccc2)c2ccccc2n3-c2cccc3c2sc2ccccc23)cc1. The summed E-state index contributed by atoms with van der Waals surface area (Å²) in [4.78, 5) is 0. The van der Waals surface area contributed by atoms with E-state index in [1.54, 1.807) is 0 Å². The Morgan fingerprint density at radius 2 is 0.844 bits per heavy atom. The van der Waals surface area contributed by atoms with Crippen molar-refractivity contribution in [2.24, 2.45) is 0 Å². The van der Waals surface area contributed by atoms with Crippen LogP contribution in [0.25, 0.3) is 125 Å². The molecule has 0 radical (unpaired) electrons. The van der Waals surface area contributed by atoms with Crippen molar-refractivity contribution in [1.82, 2.24) is 13.7 Å². The Kier molecular flexibility index (Phi) is 7.56. The summed E-state index contributed by atoms with van der Waals surface area (Å²) in [5, 5.41) is 10.1. The van der Waals surface area contributed by atoms with E-state index in [2.05, 4.69) is 238 Å². The van der Waals surface area contributed by atoms with Crippen LogP contribution < -0.4 is 0 Å². The van der Waals surface area contributed by atoms with Crippen molar-refractivity contribution < 1.29 is 0 Å². The number of hydrogen-bond acceptors (Lipinski definition) is 1. The molecule has 4 aromatic heterocycles. The lowest BCUT2D eigenvalue weighted by atomic mass is 9.90. The van der Waals surface area contributed by atoms with Gasteiger partial charge in [0, 0.05) is 59.2 Å². The van der Waals surface area contributed by atoms with Crippen LogP contribution in [0, 0.1) is 0 Å². The Morgan fingerprint density at radius 3 is 1.62 bits per heavy atom. The van der Waals surface area contributed by atoms with Gasteiger partial charge in [-0.25, -0.2) is 0 Å². The third-order valence-electron chi connectivity index (χ3n) is 13.4. The van der Waals surface area contributed by atoms with Crippen LogP contribution in [-0.2, 0) is 0 Å². The molecule has 0 atom stereocenters. The van der Waals surface area contributed by atoms with Gasteiger partial charge in [0.1, 0.15) is 0 Å². The van der Waals surface area contributed by atoms with Gasteiger partial charge >= 0.3 is 0 Å². The highest BCUT2D eigenvalue weighted by molar-refractivity contribution is 7.26. The van der Waals surface area contributed by atoms with E-state index in [9.17, 15) is 0 Å². The molecule has 0 fully saturated rings. The molecule has 14 rings (SSSR count). The van der Waals surface area contributed by atoms with Gasteiger partial charge in [-0.3, -0.25) is 0 Å². The summed E-state index contributed by atoms with van der Waals surface area (Å²) in [7, 11) is 0. The number of para-hydroxylation sites is 4. The van der Waals surface area contributed by atoms with E-state index in [1.165, 1.54) is 114 Å². The van der Waals surface area contributed by atoms with Crippen LogP contribution in [-0.4, -0.2) is 13.7 Å². The van der Waals surface area contributed by atoms with Crippen LogP contribution >= 0.6 is 11.3 Å². The van der Waals surface area contributed by atoms with E-state index < -0.39 is 0 Å². The maximum absolute atomic E-state index is 2.51. The van der Waals surface area contributed by atoms with Gasteiger partial charge in [-0.05, 0) is 101 Å². The molecule has 0 saturated carbocycles. The van der Waals surface area contributed by atoms with E-state index >= 15 is 0 Å². The number of fused-ring (bicyclic) bond motifs is 12. The Morgan fingerprint density at radius 1 is 0.281 bits per heavy atom. The van der Waals surface area contributed by atoms with Gasteiger partial charge in [-0.15, -0.1) is 11.3 Å². The molecule has 0 unspecified atom stereocenters. The highest BCUT2D eigenvalue weighted by Gasteiger charge is 2.23. The average Bonchev–Trinajstić information content (AvgIpc) is 4.10. The van der Waals surface area contributed by atoms with Gasteiger partial charge in [0.15, 0.2) is 0 Å². The van der Waals surface area contributed by atoms with Crippen molar-refractivity contribution in [3.63, 3.8) is 0 Å². The number of thiophene rings is 1. The molecule has 10 aromatic carbocycles. The van der Waals surface area contributed by atoms with Crippen LogP contribution in [0.1, 0.15) is 0 Å². The molecule has 0 saturated heterocycles. The van der Waals surface area contributed by atoms with Crippen LogP contribution in [0.3, 0.4) is 0 Å². The molecule has 0 aliphatic heterocycles. The second-order valence-electron chi connectivity index (χ2n) is 16.8. The minimum absolute atomic E-state index is 1.14. The van der Waals surface area contributed by atoms with Gasteiger partial charge in [-0.2, -0.15) is 0 Å². The summed E-state index contributed by atoms with van der Waals surface area (Å²) in [6, 6.07) is 82.7. The van der Waals surface area contributed by atoms with E-state index in [0.29, 0.717) is 0 Å². The fourth-order valence-corrected chi connectivity index (χ4v) is 11.9. The topological polar surface area (TPSA) is 14.8 Å². The van der Waals surface area contributed by atoms with Crippen LogP contribution in [0.15, 0.2) is 224 Å². The minimum Gasteiger partial charge on any atom is -0.309 e. The average molecular weight is 832 g/mol. The maximum atomic E-state index is 2.51. The molecule has 0 amide bonds. The summed E-state index contributed by atoms with van der Waals surface area (Å²) in [5.41, 5.74) is 15.5. The molecule has 0 aliphatic carbocycles. The Hall–Kier alpha value is -8.18. The molecule has 4 heteroatoms. The standard InChI is InChI=1S/C60H37N3S/c1-3-17-38(18-4-1)47-37-57-50(42-22-8-12-28-52(42)63(57)56-31-16-26-45-43-23-10-14-32-58(43)64-60(45)56)36-48(47)44-25-15-30-55-59(44)46-24-9-13-29-53(46)62(55)40-33-34-54-49(35-40)41-21-7-11-27-51(41)61(54)39-19-5-2-6-20-39/h1-37H. The number of hydrogen-bond donors (Lipinski definition) is 0.